The maximum atomic E-state index is 12.7. The van der Waals surface area contributed by atoms with E-state index < -0.39 is 15.9 Å². The highest BCUT2D eigenvalue weighted by Gasteiger charge is 2.15. The van der Waals surface area contributed by atoms with E-state index in [0.29, 0.717) is 34.2 Å². The Labute approximate surface area is 214 Å². The molecule has 3 aromatic carbocycles. The standard InChI is InChI=1S/C27H26N4O5S/c1-17-7-8-22(13-18(17)2)31-37(34,35)24-11-9-23(10-12-24)36-16-26(33)29-21-6-4-5-20(15-21)27-28-19(3)14-25(32)30-27/h4-15,31H,16H2,1-3H3,(H,29,33)(H,28,30,32). The predicted molar refractivity (Wildman–Crippen MR) is 142 cm³/mol. The van der Waals surface area contributed by atoms with Crippen molar-refractivity contribution < 1.29 is 17.9 Å². The highest BCUT2D eigenvalue weighted by Crippen LogP contribution is 2.22. The van der Waals surface area contributed by atoms with Crippen LogP contribution in [0.4, 0.5) is 11.4 Å². The molecule has 0 saturated carbocycles. The second-order valence-electron chi connectivity index (χ2n) is 8.53. The summed E-state index contributed by atoms with van der Waals surface area (Å²) >= 11 is 0. The summed E-state index contributed by atoms with van der Waals surface area (Å²) in [5.74, 6) is 0.339. The van der Waals surface area contributed by atoms with Crippen LogP contribution in [0, 0.1) is 20.8 Å². The van der Waals surface area contributed by atoms with Gasteiger partial charge in [0.2, 0.25) is 0 Å². The third-order valence-corrected chi connectivity index (χ3v) is 6.95. The zero-order valence-electron chi connectivity index (χ0n) is 20.5. The normalized spacial score (nSPS) is 11.1. The number of rotatable bonds is 8. The SMILES string of the molecule is Cc1cc(=O)[nH]c(-c2cccc(NC(=O)COc3ccc(S(=O)(=O)Nc4ccc(C)c(C)c4)cc3)c2)n1. The maximum Gasteiger partial charge on any atom is 0.262 e. The smallest absolute Gasteiger partial charge is 0.262 e. The maximum absolute atomic E-state index is 12.7. The number of ether oxygens (including phenoxy) is 1. The first kappa shape index (κ1) is 25.6. The van der Waals surface area contributed by atoms with Gasteiger partial charge >= 0.3 is 0 Å². The van der Waals surface area contributed by atoms with Crippen LogP contribution in [-0.4, -0.2) is 30.9 Å². The molecule has 0 bridgehead atoms. The van der Waals surface area contributed by atoms with Crippen molar-refractivity contribution in [3.8, 4) is 17.1 Å². The number of carbonyl (C=O) groups is 1. The number of anilines is 2. The molecule has 0 atom stereocenters. The summed E-state index contributed by atoms with van der Waals surface area (Å²) in [6.45, 7) is 5.31. The predicted octanol–water partition coefficient (Wildman–Crippen LogP) is 4.18. The molecular formula is C27H26N4O5S. The third kappa shape index (κ3) is 6.62. The highest BCUT2D eigenvalue weighted by molar-refractivity contribution is 7.92. The van der Waals surface area contributed by atoms with Gasteiger partial charge in [0.25, 0.3) is 21.5 Å². The molecule has 10 heteroatoms. The van der Waals surface area contributed by atoms with E-state index in [2.05, 4.69) is 20.0 Å². The molecule has 0 unspecified atom stereocenters. The van der Waals surface area contributed by atoms with Gasteiger partial charge in [0.15, 0.2) is 6.61 Å². The van der Waals surface area contributed by atoms with Crippen LogP contribution in [0.5, 0.6) is 5.75 Å². The highest BCUT2D eigenvalue weighted by atomic mass is 32.2. The summed E-state index contributed by atoms with van der Waals surface area (Å²) in [7, 11) is -3.78. The lowest BCUT2D eigenvalue weighted by Gasteiger charge is -2.11. The Kier molecular flexibility index (Phi) is 7.40. The minimum absolute atomic E-state index is 0.0714. The van der Waals surface area contributed by atoms with Crippen LogP contribution in [0.1, 0.15) is 16.8 Å². The number of aromatic nitrogens is 2. The van der Waals surface area contributed by atoms with E-state index >= 15 is 0 Å². The Morgan fingerprint density at radius 2 is 1.68 bits per heavy atom. The van der Waals surface area contributed by atoms with Crippen LogP contribution >= 0.6 is 0 Å². The van der Waals surface area contributed by atoms with Gasteiger partial charge in [-0.25, -0.2) is 13.4 Å². The fourth-order valence-corrected chi connectivity index (χ4v) is 4.59. The first-order chi connectivity index (χ1) is 17.6. The average molecular weight is 519 g/mol. The first-order valence-electron chi connectivity index (χ1n) is 11.4. The quantitative estimate of drug-likeness (QED) is 0.321. The lowest BCUT2D eigenvalue weighted by Crippen LogP contribution is -2.20. The molecule has 9 nitrogen and oxygen atoms in total. The minimum atomic E-state index is -3.78. The summed E-state index contributed by atoms with van der Waals surface area (Å²) in [6, 6.07) is 19.4. The lowest BCUT2D eigenvalue weighted by molar-refractivity contribution is -0.118. The van der Waals surface area contributed by atoms with Gasteiger partial charge in [0.05, 0.1) is 4.90 Å². The molecule has 0 spiro atoms. The number of carbonyl (C=O) groups excluding carboxylic acids is 1. The van der Waals surface area contributed by atoms with Crippen molar-refractivity contribution in [1.82, 2.24) is 9.97 Å². The van der Waals surface area contributed by atoms with Crippen molar-refractivity contribution in [3.63, 3.8) is 0 Å². The zero-order valence-corrected chi connectivity index (χ0v) is 21.3. The lowest BCUT2D eigenvalue weighted by atomic mass is 10.1. The number of nitrogens with one attached hydrogen (secondary N) is 3. The van der Waals surface area contributed by atoms with Gasteiger partial charge in [-0.05, 0) is 80.4 Å². The Morgan fingerprint density at radius 3 is 2.38 bits per heavy atom. The van der Waals surface area contributed by atoms with Crippen LogP contribution < -0.4 is 20.3 Å². The van der Waals surface area contributed by atoms with Crippen LogP contribution in [-0.2, 0) is 14.8 Å². The van der Waals surface area contributed by atoms with E-state index in [-0.39, 0.29) is 17.1 Å². The molecule has 3 N–H and O–H groups in total. The van der Waals surface area contributed by atoms with E-state index in [1.165, 1.54) is 30.3 Å². The number of hydrogen-bond acceptors (Lipinski definition) is 6. The van der Waals surface area contributed by atoms with Crippen LogP contribution in [0.15, 0.2) is 82.5 Å². The molecule has 0 fully saturated rings. The number of aromatic amines is 1. The van der Waals surface area contributed by atoms with Crippen molar-refractivity contribution >= 4 is 27.3 Å². The molecule has 0 aliphatic rings. The van der Waals surface area contributed by atoms with E-state index in [9.17, 15) is 18.0 Å². The molecule has 4 aromatic rings. The van der Waals surface area contributed by atoms with Gasteiger partial charge in [-0.3, -0.25) is 14.3 Å². The second-order valence-corrected chi connectivity index (χ2v) is 10.2. The largest absolute Gasteiger partial charge is 0.484 e. The molecule has 1 amide bonds. The molecule has 1 aromatic heterocycles. The van der Waals surface area contributed by atoms with Crippen LogP contribution in [0.3, 0.4) is 0 Å². The number of amides is 1. The van der Waals surface area contributed by atoms with E-state index in [0.717, 1.165) is 11.1 Å². The summed E-state index contributed by atoms with van der Waals surface area (Å²) in [5, 5.41) is 2.73. The van der Waals surface area contributed by atoms with Crippen molar-refractivity contribution in [3.05, 3.63) is 100.0 Å². The molecule has 37 heavy (non-hydrogen) atoms. The van der Waals surface area contributed by atoms with Gasteiger partial charge in [0, 0.05) is 28.7 Å². The van der Waals surface area contributed by atoms with Gasteiger partial charge in [0.1, 0.15) is 11.6 Å². The molecule has 190 valence electrons. The number of hydrogen-bond donors (Lipinski definition) is 3. The number of nitrogens with zero attached hydrogens (tertiary/aromatic N) is 1. The molecule has 0 aliphatic heterocycles. The average Bonchev–Trinajstić information content (AvgIpc) is 2.85. The Hall–Kier alpha value is -4.44. The molecule has 0 radical (unpaired) electrons. The minimum Gasteiger partial charge on any atom is -0.484 e. The Balaban J connectivity index is 1.36. The zero-order chi connectivity index (χ0) is 26.6. The summed E-state index contributed by atoms with van der Waals surface area (Å²) < 4.78 is 33.5. The summed E-state index contributed by atoms with van der Waals surface area (Å²) in [4.78, 5) is 31.2. The second kappa shape index (κ2) is 10.7. The monoisotopic (exact) mass is 518 g/mol. The Morgan fingerprint density at radius 1 is 0.919 bits per heavy atom. The molecular weight excluding hydrogens is 492 g/mol. The van der Waals surface area contributed by atoms with Gasteiger partial charge in [-0.15, -0.1) is 0 Å². The van der Waals surface area contributed by atoms with E-state index in [4.69, 9.17) is 4.74 Å². The topological polar surface area (TPSA) is 130 Å². The number of sulfonamides is 1. The molecule has 4 rings (SSSR count). The number of H-pyrrole nitrogens is 1. The summed E-state index contributed by atoms with van der Waals surface area (Å²) in [5.41, 5.74) is 4.01. The third-order valence-electron chi connectivity index (χ3n) is 5.55. The Bertz CT molecular complexity index is 1610. The van der Waals surface area contributed by atoms with Crippen LogP contribution in [0.25, 0.3) is 11.4 Å². The van der Waals surface area contributed by atoms with Crippen molar-refractivity contribution in [1.29, 1.82) is 0 Å². The van der Waals surface area contributed by atoms with Gasteiger partial charge in [-0.1, -0.05) is 18.2 Å². The number of benzene rings is 3. The molecule has 0 saturated heterocycles. The van der Waals surface area contributed by atoms with Gasteiger partial charge < -0.3 is 15.0 Å². The molecule has 1 heterocycles. The van der Waals surface area contributed by atoms with Crippen molar-refractivity contribution in [2.75, 3.05) is 16.6 Å². The van der Waals surface area contributed by atoms with Crippen molar-refractivity contribution in [2.45, 2.75) is 25.7 Å². The van der Waals surface area contributed by atoms with Crippen molar-refractivity contribution in [2.24, 2.45) is 0 Å². The van der Waals surface area contributed by atoms with E-state index in [1.54, 1.807) is 43.3 Å². The van der Waals surface area contributed by atoms with E-state index in [1.807, 2.05) is 19.9 Å². The fourth-order valence-electron chi connectivity index (χ4n) is 3.54. The fraction of sp³-hybridized carbons (Fsp3) is 0.148. The number of aryl methyl sites for hydroxylation is 3. The van der Waals surface area contributed by atoms with Gasteiger partial charge in [-0.2, -0.15) is 0 Å². The molecule has 0 aliphatic carbocycles. The van der Waals surface area contributed by atoms with Crippen LogP contribution in [0.2, 0.25) is 0 Å². The summed E-state index contributed by atoms with van der Waals surface area (Å²) in [6.07, 6.45) is 0. The first-order valence-corrected chi connectivity index (χ1v) is 12.9.